The van der Waals surface area contributed by atoms with Gasteiger partial charge < -0.3 is 9.47 Å². The molecular formula is C34H32ClF6N3O5S. The van der Waals surface area contributed by atoms with Crippen molar-refractivity contribution in [2.45, 2.75) is 71.6 Å². The number of aromatic nitrogens is 1. The van der Waals surface area contributed by atoms with Gasteiger partial charge in [0.1, 0.15) is 22.3 Å². The van der Waals surface area contributed by atoms with Gasteiger partial charge in [-0.3, -0.25) is 14.6 Å². The summed E-state index contributed by atoms with van der Waals surface area (Å²) < 4.78 is 92.0. The van der Waals surface area contributed by atoms with Crippen LogP contribution in [0.5, 0.6) is 5.75 Å². The number of terminal acetylenes is 1. The zero-order valence-electron chi connectivity index (χ0n) is 27.4. The average molecular weight is 744 g/mol. The van der Waals surface area contributed by atoms with Crippen molar-refractivity contribution < 1.29 is 50.2 Å². The lowest BCUT2D eigenvalue weighted by Crippen LogP contribution is -2.32. The normalized spacial score (nSPS) is 16.6. The van der Waals surface area contributed by atoms with E-state index in [4.69, 9.17) is 22.8 Å². The molecule has 3 aliphatic rings. The molecular weight excluding hydrogens is 712 g/mol. The lowest BCUT2D eigenvalue weighted by atomic mass is 9.91. The van der Waals surface area contributed by atoms with Crippen molar-refractivity contribution >= 4 is 51.9 Å². The minimum absolute atomic E-state index is 0.0231. The Kier molecular flexibility index (Phi) is 12.3. The van der Waals surface area contributed by atoms with E-state index in [0.717, 1.165) is 42.7 Å². The maximum Gasteiger partial charge on any atom is 0.434 e. The van der Waals surface area contributed by atoms with Gasteiger partial charge in [-0.05, 0) is 56.6 Å². The Morgan fingerprint density at radius 1 is 1.12 bits per heavy atom. The maximum absolute atomic E-state index is 14.4. The Morgan fingerprint density at radius 2 is 1.74 bits per heavy atom. The zero-order valence-corrected chi connectivity index (χ0v) is 28.9. The Hall–Kier alpha value is -4.03. The highest BCUT2D eigenvalue weighted by molar-refractivity contribution is 8.14. The van der Waals surface area contributed by atoms with E-state index >= 15 is 0 Å². The third-order valence-corrected chi connectivity index (χ3v) is 9.06. The molecule has 50 heavy (non-hydrogen) atoms. The predicted molar refractivity (Wildman–Crippen MR) is 176 cm³/mol. The molecule has 8 nitrogen and oxygen atoms in total. The zero-order chi connectivity index (χ0) is 37.1. The van der Waals surface area contributed by atoms with Crippen molar-refractivity contribution in [1.29, 1.82) is 0 Å². The number of esters is 1. The second kappa shape index (κ2) is 15.9. The van der Waals surface area contributed by atoms with Gasteiger partial charge in [0.2, 0.25) is 0 Å². The number of rotatable bonds is 8. The van der Waals surface area contributed by atoms with Gasteiger partial charge in [0.05, 0.1) is 23.4 Å². The number of imide groups is 1. The molecule has 3 heterocycles. The number of ether oxygens (including phenoxy) is 2. The van der Waals surface area contributed by atoms with Crippen LogP contribution in [0, 0.1) is 24.1 Å². The van der Waals surface area contributed by atoms with Crippen LogP contribution >= 0.6 is 23.4 Å². The molecule has 2 amide bonds. The van der Waals surface area contributed by atoms with Gasteiger partial charge >= 0.3 is 12.1 Å². The smallest absolute Gasteiger partial charge is 0.434 e. The van der Waals surface area contributed by atoms with Crippen molar-refractivity contribution in [2.24, 2.45) is 10.9 Å². The van der Waals surface area contributed by atoms with Crippen LogP contribution < -0.4 is 9.64 Å². The number of amides is 2. The fourth-order valence-electron chi connectivity index (χ4n) is 5.64. The molecule has 268 valence electrons. The molecule has 1 unspecified atom stereocenters. The molecule has 16 heteroatoms. The molecule has 1 aromatic carbocycles. The molecule has 1 aliphatic carbocycles. The number of carbonyl (C=O) groups is 3. The summed E-state index contributed by atoms with van der Waals surface area (Å²) in [6, 6.07) is 2.27. The highest BCUT2D eigenvalue weighted by Gasteiger charge is 2.43. The van der Waals surface area contributed by atoms with Crippen LogP contribution in [0.15, 0.2) is 28.3 Å². The summed E-state index contributed by atoms with van der Waals surface area (Å²) in [7, 11) is 0.982. The topological polar surface area (TPSA) is 98.2 Å². The quantitative estimate of drug-likeness (QED) is 0.117. The van der Waals surface area contributed by atoms with Crippen LogP contribution in [0.25, 0.3) is 0 Å². The molecule has 1 atom stereocenters. The third-order valence-electron chi connectivity index (χ3n) is 7.78. The summed E-state index contributed by atoms with van der Waals surface area (Å²) >= 11 is 7.05. The summed E-state index contributed by atoms with van der Waals surface area (Å²) in [6.45, 7) is 5.36. The fraction of sp³-hybridized carbons (Fsp3) is 0.441. The fourth-order valence-corrected chi connectivity index (χ4v) is 6.76. The number of alkyl halides is 5. The van der Waals surface area contributed by atoms with Crippen LogP contribution in [0.2, 0.25) is 5.02 Å². The summed E-state index contributed by atoms with van der Waals surface area (Å²) in [4.78, 5) is 45.3. The Balaban J connectivity index is 0.000000225. The van der Waals surface area contributed by atoms with Gasteiger partial charge in [0, 0.05) is 35.1 Å². The van der Waals surface area contributed by atoms with Gasteiger partial charge in [-0.15, -0.1) is 18.2 Å². The van der Waals surface area contributed by atoms with Gasteiger partial charge in [-0.2, -0.15) is 13.2 Å². The van der Waals surface area contributed by atoms with E-state index in [2.05, 4.69) is 20.6 Å². The molecule has 0 fully saturated rings. The summed E-state index contributed by atoms with van der Waals surface area (Å²) in [5.41, 5.74) is -2.98. The number of pyridine rings is 1. The number of carbonyl (C=O) groups excluding carboxylic acids is 3. The number of nitrogens with zero attached hydrogens (tertiary/aromatic N) is 3. The molecule has 2 aliphatic heterocycles. The van der Waals surface area contributed by atoms with E-state index in [9.17, 15) is 40.7 Å². The van der Waals surface area contributed by atoms with E-state index in [1.54, 1.807) is 20.8 Å². The molecule has 0 N–H and O–H groups in total. The van der Waals surface area contributed by atoms with E-state index in [1.807, 2.05) is 0 Å². The first-order valence-corrected chi connectivity index (χ1v) is 16.8. The lowest BCUT2D eigenvalue weighted by Gasteiger charge is -2.22. The predicted octanol–water partition coefficient (Wildman–Crippen LogP) is 8.14. The Bertz CT molecular complexity index is 1780. The monoisotopic (exact) mass is 743 g/mol. The number of anilines is 1. The molecule has 0 spiro atoms. The Labute approximate surface area is 293 Å². The van der Waals surface area contributed by atoms with Crippen molar-refractivity contribution in [3.8, 4) is 18.1 Å². The standard InChI is InChI=1S/C18H15ClFNO3.C16H17F5N2O2S/c1-3-10(2)24-16-9-15(14(20)8-13(16)19)21-17(22)11-6-4-5-7-12(11)18(21)23;1-7(2)6-8-9(15(24)25-3)11(13(17)18)23-12(16(19,20)21)10(8)14-22-4-5-26-14/h1,8-10H,4-7H2,2H3;7,13H,4-6H2,1-3H3. The van der Waals surface area contributed by atoms with Gasteiger partial charge in [-0.25, -0.2) is 27.8 Å². The van der Waals surface area contributed by atoms with Crippen molar-refractivity contribution in [3.05, 3.63) is 62.2 Å². The Morgan fingerprint density at radius 3 is 2.22 bits per heavy atom. The number of hydrogen-bond acceptors (Lipinski definition) is 8. The van der Waals surface area contributed by atoms with Crippen molar-refractivity contribution in [2.75, 3.05) is 24.3 Å². The number of halogens is 7. The molecule has 0 saturated carbocycles. The number of methoxy groups -OCH3 is 1. The number of thioether (sulfide) groups is 1. The molecule has 0 bridgehead atoms. The van der Waals surface area contributed by atoms with Gasteiger partial charge in [-0.1, -0.05) is 31.4 Å². The highest BCUT2D eigenvalue weighted by atomic mass is 35.5. The first-order chi connectivity index (χ1) is 23.5. The third kappa shape index (κ3) is 8.12. The van der Waals surface area contributed by atoms with Crippen molar-refractivity contribution in [1.82, 2.24) is 4.98 Å². The number of aliphatic imine (C=N–C) groups is 1. The molecule has 0 radical (unpaired) electrons. The first-order valence-electron chi connectivity index (χ1n) is 15.4. The van der Waals surface area contributed by atoms with Crippen LogP contribution in [-0.2, 0) is 26.9 Å². The van der Waals surface area contributed by atoms with Gasteiger partial charge in [0.25, 0.3) is 18.2 Å². The second-order valence-corrected chi connectivity index (χ2v) is 13.3. The maximum atomic E-state index is 14.4. The second-order valence-electron chi connectivity index (χ2n) is 11.8. The van der Waals surface area contributed by atoms with E-state index in [0.29, 0.717) is 36.3 Å². The first kappa shape index (κ1) is 38.8. The molecule has 5 rings (SSSR count). The van der Waals surface area contributed by atoms with Gasteiger partial charge in [0.15, 0.2) is 11.8 Å². The molecule has 2 aromatic rings. The van der Waals surface area contributed by atoms with Crippen LogP contribution in [0.3, 0.4) is 0 Å². The SMILES string of the molecule is C#CC(C)Oc1cc(N2C(=O)C3=C(CCCC3)C2=O)c(F)cc1Cl.COC(=O)c1c(C(F)F)nc(C(F)(F)F)c(C2=NCCS2)c1CC(C)C. The minimum atomic E-state index is -4.97. The number of benzene rings is 1. The van der Waals surface area contributed by atoms with Crippen LogP contribution in [0.4, 0.5) is 32.0 Å². The molecule has 0 saturated heterocycles. The lowest BCUT2D eigenvalue weighted by molar-refractivity contribution is -0.141. The summed E-state index contributed by atoms with van der Waals surface area (Å²) in [5, 5.41) is 0.0848. The largest absolute Gasteiger partial charge is 0.476 e. The van der Waals surface area contributed by atoms with Crippen molar-refractivity contribution in [3.63, 3.8) is 0 Å². The van der Waals surface area contributed by atoms with Crippen LogP contribution in [-0.4, -0.2) is 53.3 Å². The van der Waals surface area contributed by atoms with Crippen LogP contribution in [0.1, 0.15) is 85.8 Å². The van der Waals surface area contributed by atoms with E-state index in [1.165, 1.54) is 6.07 Å². The summed E-state index contributed by atoms with van der Waals surface area (Å²) in [6.07, 6.45) is -0.879. The van der Waals surface area contributed by atoms with E-state index in [-0.39, 0.29) is 39.4 Å². The average Bonchev–Trinajstić information content (AvgIpc) is 3.67. The summed E-state index contributed by atoms with van der Waals surface area (Å²) in [5.74, 6) is -0.0557. The minimum Gasteiger partial charge on any atom is -0.476 e. The number of hydrogen-bond donors (Lipinski definition) is 0. The highest BCUT2D eigenvalue weighted by Crippen LogP contribution is 2.41. The van der Waals surface area contributed by atoms with E-state index < -0.39 is 64.8 Å². The molecule has 1 aromatic heterocycles.